The van der Waals surface area contributed by atoms with Crippen LogP contribution in [-0.4, -0.2) is 24.3 Å². The van der Waals surface area contributed by atoms with Gasteiger partial charge < -0.3 is 9.47 Å². The van der Waals surface area contributed by atoms with Crippen molar-refractivity contribution < 1.29 is 23.9 Å². The van der Waals surface area contributed by atoms with E-state index >= 15 is 0 Å². The van der Waals surface area contributed by atoms with Crippen LogP contribution in [0.5, 0.6) is 5.75 Å². The number of ether oxygens (including phenoxy) is 2. The molecule has 5 nitrogen and oxygen atoms in total. The maximum atomic E-state index is 12.1. The second-order valence-corrected chi connectivity index (χ2v) is 5.70. The van der Waals surface area contributed by atoms with Crippen LogP contribution in [0.1, 0.15) is 33.2 Å². The van der Waals surface area contributed by atoms with Gasteiger partial charge in [-0.2, -0.15) is 0 Å². The molecule has 2 aromatic carbocycles. The van der Waals surface area contributed by atoms with Crippen molar-refractivity contribution in [3.8, 4) is 5.75 Å². The van der Waals surface area contributed by atoms with Crippen molar-refractivity contribution >= 4 is 17.7 Å². The van der Waals surface area contributed by atoms with Crippen LogP contribution in [0.15, 0.2) is 72.8 Å². The molecule has 0 bridgehead atoms. The Morgan fingerprint density at radius 2 is 1.52 bits per heavy atom. The van der Waals surface area contributed by atoms with Crippen LogP contribution >= 0.6 is 0 Å². The lowest BCUT2D eigenvalue weighted by Gasteiger charge is -2.06. The van der Waals surface area contributed by atoms with E-state index in [1.54, 1.807) is 24.3 Å². The fourth-order valence-electron chi connectivity index (χ4n) is 2.08. The van der Waals surface area contributed by atoms with E-state index in [0.717, 1.165) is 5.56 Å². The predicted molar refractivity (Wildman–Crippen MR) is 102 cm³/mol. The predicted octanol–water partition coefficient (Wildman–Crippen LogP) is 4.07. The molecule has 0 atom stereocenters. The normalized spacial score (nSPS) is 10.9. The van der Waals surface area contributed by atoms with Gasteiger partial charge in [-0.1, -0.05) is 35.9 Å². The average molecular weight is 364 g/mol. The summed E-state index contributed by atoms with van der Waals surface area (Å²) < 4.78 is 10.1. The van der Waals surface area contributed by atoms with E-state index in [-0.39, 0.29) is 12.4 Å². The molecular weight excluding hydrogens is 344 g/mol. The molecular formula is C22H20O5. The van der Waals surface area contributed by atoms with E-state index < -0.39 is 11.9 Å². The van der Waals surface area contributed by atoms with Crippen LogP contribution in [0.4, 0.5) is 0 Å². The van der Waals surface area contributed by atoms with Crippen LogP contribution in [-0.2, 0) is 9.53 Å². The van der Waals surface area contributed by atoms with Crippen LogP contribution in [0.2, 0.25) is 0 Å². The molecule has 0 heterocycles. The van der Waals surface area contributed by atoms with Gasteiger partial charge in [0, 0.05) is 11.6 Å². The molecule has 2 rings (SSSR count). The molecule has 0 saturated heterocycles. The highest BCUT2D eigenvalue weighted by molar-refractivity contribution is 5.98. The van der Waals surface area contributed by atoms with E-state index in [1.165, 1.54) is 36.4 Å². The highest BCUT2D eigenvalue weighted by Crippen LogP contribution is 2.15. The third-order valence-electron chi connectivity index (χ3n) is 3.56. The van der Waals surface area contributed by atoms with Gasteiger partial charge in [0.2, 0.25) is 0 Å². The molecule has 0 unspecified atom stereocenters. The lowest BCUT2D eigenvalue weighted by atomic mass is 10.1. The van der Waals surface area contributed by atoms with Gasteiger partial charge in [-0.05, 0) is 50.2 Å². The summed E-state index contributed by atoms with van der Waals surface area (Å²) in [6.07, 6.45) is 6.22. The average Bonchev–Trinajstić information content (AvgIpc) is 2.67. The zero-order valence-corrected chi connectivity index (χ0v) is 15.2. The number of hydrogen-bond donors (Lipinski definition) is 0. The summed E-state index contributed by atoms with van der Waals surface area (Å²) in [4.78, 5) is 35.5. The zero-order chi connectivity index (χ0) is 19.6. The Labute approximate surface area is 157 Å². The Morgan fingerprint density at radius 1 is 0.889 bits per heavy atom. The molecule has 0 spiro atoms. The Kier molecular flexibility index (Phi) is 7.26. The first-order chi connectivity index (χ1) is 13.0. The SMILES string of the molecule is CC=CC=CC(=O)OCC(=O)c1ccc(OC(=O)c2ccc(C)cc2)cc1. The van der Waals surface area contributed by atoms with Crippen molar-refractivity contribution in [1.82, 2.24) is 0 Å². The molecule has 0 aliphatic rings. The van der Waals surface area contributed by atoms with Crippen molar-refractivity contribution in [2.45, 2.75) is 13.8 Å². The monoisotopic (exact) mass is 364 g/mol. The smallest absolute Gasteiger partial charge is 0.343 e. The molecule has 2 aromatic rings. The van der Waals surface area contributed by atoms with Gasteiger partial charge in [-0.15, -0.1) is 0 Å². The lowest BCUT2D eigenvalue weighted by Crippen LogP contribution is -2.13. The number of Topliss-reactive ketones (excluding diaryl/α,β-unsaturated/α-hetero) is 1. The van der Waals surface area contributed by atoms with Crippen molar-refractivity contribution in [2.24, 2.45) is 0 Å². The van der Waals surface area contributed by atoms with Crippen LogP contribution in [0, 0.1) is 6.92 Å². The van der Waals surface area contributed by atoms with E-state index in [2.05, 4.69) is 0 Å². The second-order valence-electron chi connectivity index (χ2n) is 5.70. The highest BCUT2D eigenvalue weighted by atomic mass is 16.5. The van der Waals surface area contributed by atoms with E-state index in [4.69, 9.17) is 9.47 Å². The van der Waals surface area contributed by atoms with E-state index in [1.807, 2.05) is 26.0 Å². The van der Waals surface area contributed by atoms with Crippen molar-refractivity contribution in [3.63, 3.8) is 0 Å². The number of esters is 2. The number of carbonyl (C=O) groups is 3. The fourth-order valence-corrected chi connectivity index (χ4v) is 2.08. The summed E-state index contributed by atoms with van der Waals surface area (Å²) in [6.45, 7) is 3.39. The van der Waals surface area contributed by atoms with Crippen LogP contribution in [0.3, 0.4) is 0 Å². The quantitative estimate of drug-likeness (QED) is 0.243. The molecule has 0 amide bonds. The van der Waals surface area contributed by atoms with Crippen molar-refractivity contribution in [1.29, 1.82) is 0 Å². The summed E-state index contributed by atoms with van der Waals surface area (Å²) in [5.41, 5.74) is 1.85. The van der Waals surface area contributed by atoms with Crippen molar-refractivity contribution in [2.75, 3.05) is 6.61 Å². The highest BCUT2D eigenvalue weighted by Gasteiger charge is 2.11. The third-order valence-corrected chi connectivity index (χ3v) is 3.56. The number of benzene rings is 2. The van der Waals surface area contributed by atoms with Gasteiger partial charge in [-0.25, -0.2) is 9.59 Å². The lowest BCUT2D eigenvalue weighted by molar-refractivity contribution is -0.136. The Bertz CT molecular complexity index is 859. The summed E-state index contributed by atoms with van der Waals surface area (Å²) in [5, 5.41) is 0. The molecule has 0 aromatic heterocycles. The second kappa shape index (κ2) is 9.87. The minimum Gasteiger partial charge on any atom is -0.454 e. The number of carbonyl (C=O) groups excluding carboxylic acids is 3. The largest absolute Gasteiger partial charge is 0.454 e. The molecule has 0 aliphatic carbocycles. The Hall–Kier alpha value is -3.47. The molecule has 0 fully saturated rings. The minimum absolute atomic E-state index is 0.323. The third kappa shape index (κ3) is 6.40. The number of ketones is 1. The number of aryl methyl sites for hydroxylation is 1. The van der Waals surface area contributed by atoms with E-state index in [0.29, 0.717) is 16.9 Å². The number of hydrogen-bond acceptors (Lipinski definition) is 5. The molecule has 0 saturated carbocycles. The van der Waals surface area contributed by atoms with Crippen molar-refractivity contribution in [3.05, 3.63) is 89.5 Å². The molecule has 138 valence electrons. The van der Waals surface area contributed by atoms with Gasteiger partial charge >= 0.3 is 11.9 Å². The maximum Gasteiger partial charge on any atom is 0.343 e. The molecule has 0 radical (unpaired) electrons. The standard InChI is InChI=1S/C22H20O5/c1-3-4-5-6-21(24)26-15-20(23)17-11-13-19(14-12-17)27-22(25)18-9-7-16(2)8-10-18/h3-14H,15H2,1-2H3. The van der Waals surface area contributed by atoms with Gasteiger partial charge in [0.1, 0.15) is 5.75 Å². The van der Waals surface area contributed by atoms with Gasteiger partial charge in [0.25, 0.3) is 0 Å². The Balaban J connectivity index is 1.90. The zero-order valence-electron chi connectivity index (χ0n) is 15.2. The molecule has 5 heteroatoms. The van der Waals surface area contributed by atoms with Crippen LogP contribution in [0.25, 0.3) is 0 Å². The molecule has 0 N–H and O–H groups in total. The van der Waals surface area contributed by atoms with E-state index in [9.17, 15) is 14.4 Å². The minimum atomic E-state index is -0.593. The van der Waals surface area contributed by atoms with Gasteiger partial charge in [0.05, 0.1) is 5.56 Å². The van der Waals surface area contributed by atoms with Crippen LogP contribution < -0.4 is 4.74 Å². The summed E-state index contributed by atoms with van der Waals surface area (Å²) in [6, 6.07) is 13.1. The molecule has 27 heavy (non-hydrogen) atoms. The fraction of sp³-hybridized carbons (Fsp3) is 0.136. The topological polar surface area (TPSA) is 69.7 Å². The first kappa shape index (κ1) is 19.8. The maximum absolute atomic E-state index is 12.1. The van der Waals surface area contributed by atoms with Gasteiger partial charge in [-0.3, -0.25) is 4.79 Å². The number of rotatable bonds is 7. The summed E-state index contributed by atoms with van der Waals surface area (Å²) in [5.74, 6) is -1.09. The Morgan fingerprint density at radius 3 is 2.15 bits per heavy atom. The first-order valence-corrected chi connectivity index (χ1v) is 8.38. The summed E-state index contributed by atoms with van der Waals surface area (Å²) >= 11 is 0. The summed E-state index contributed by atoms with van der Waals surface area (Å²) in [7, 11) is 0. The number of allylic oxidation sites excluding steroid dienone is 3. The first-order valence-electron chi connectivity index (χ1n) is 8.38. The molecule has 0 aliphatic heterocycles. The van der Waals surface area contributed by atoms with Gasteiger partial charge in [0.15, 0.2) is 12.4 Å².